The number of nitrogens with one attached hydrogen (secondary N) is 2. The lowest BCUT2D eigenvalue weighted by Crippen LogP contribution is -2.44. The summed E-state index contributed by atoms with van der Waals surface area (Å²) in [5, 5.41) is 8.04. The Kier molecular flexibility index (Phi) is 7.81. The number of aliphatic imine (C=N–C) groups is 1. The average Bonchev–Trinajstić information content (AvgIpc) is 3.47. The predicted octanol–water partition coefficient (Wildman–Crippen LogP) is 3.30. The van der Waals surface area contributed by atoms with Crippen molar-refractivity contribution in [3.05, 3.63) is 53.5 Å². The van der Waals surface area contributed by atoms with Crippen LogP contribution in [0.25, 0.3) is 27.9 Å². The number of ether oxygens (including phenoxy) is 2. The van der Waals surface area contributed by atoms with Gasteiger partial charge in [0.2, 0.25) is 21.8 Å². The van der Waals surface area contributed by atoms with Crippen molar-refractivity contribution in [2.24, 2.45) is 4.99 Å². The maximum absolute atomic E-state index is 11.9. The van der Waals surface area contributed by atoms with E-state index in [-0.39, 0.29) is 23.8 Å². The number of nitrogens with zero attached hydrogens (tertiary/aromatic N) is 4. The smallest absolute Gasteiger partial charge is 0.237 e. The topological polar surface area (TPSA) is 135 Å². The minimum absolute atomic E-state index is 0.0525. The number of sulfonamides is 1. The number of aromatic amines is 1. The summed E-state index contributed by atoms with van der Waals surface area (Å²) in [5.41, 5.74) is 3.25. The van der Waals surface area contributed by atoms with Crippen LogP contribution < -0.4 is 4.72 Å². The molecular weight excluding hydrogens is 496 g/mol. The molecule has 11 nitrogen and oxygen atoms in total. The highest BCUT2D eigenvalue weighted by Crippen LogP contribution is 2.32. The molecule has 4 rings (SSSR count). The molecule has 1 aromatic carbocycles. The number of oxazole rings is 1. The molecule has 1 aliphatic rings. The molecule has 0 amide bonds. The first kappa shape index (κ1) is 26.6. The van der Waals surface area contributed by atoms with E-state index < -0.39 is 10.0 Å². The number of fused-ring (bicyclic) bond motifs is 1. The zero-order valence-corrected chi connectivity index (χ0v) is 22.4. The third kappa shape index (κ3) is 6.45. The van der Waals surface area contributed by atoms with Gasteiger partial charge in [-0.15, -0.1) is 0 Å². The highest BCUT2D eigenvalue weighted by molar-refractivity contribution is 7.88. The van der Waals surface area contributed by atoms with Gasteiger partial charge in [-0.05, 0) is 56.8 Å². The zero-order chi connectivity index (χ0) is 26.7. The van der Waals surface area contributed by atoms with E-state index in [9.17, 15) is 8.42 Å². The number of hydrogen-bond donors (Lipinski definition) is 2. The fourth-order valence-electron chi connectivity index (χ4n) is 4.49. The van der Waals surface area contributed by atoms with Gasteiger partial charge in [0.25, 0.3) is 0 Å². The number of H-pyrrole nitrogens is 1. The largest absolute Gasteiger partial charge is 0.480 e. The Labute approximate surface area is 216 Å². The summed E-state index contributed by atoms with van der Waals surface area (Å²) < 4.78 is 43.5. The standard InChI is InChI=1S/C25H32N6O5S/c1-15(7-23(25(26-4)34-5)30-37(6,32)33)18-8-20(21-11-28-29-22(21)9-18)24-27-10-19(36-24)14-31-12-16(2)35-17(3)13-31/h7-11,16-17,30H,4,12-14H2,1-3,5-6H3,(H,28,29)/b15-7+,25-23-/t16-,17+. The van der Waals surface area contributed by atoms with Crippen molar-refractivity contribution >= 4 is 33.2 Å². The van der Waals surface area contributed by atoms with Crippen molar-refractivity contribution in [1.82, 2.24) is 24.8 Å². The van der Waals surface area contributed by atoms with Crippen LogP contribution in [-0.4, -0.2) is 73.9 Å². The van der Waals surface area contributed by atoms with Crippen molar-refractivity contribution < 1.29 is 22.3 Å². The number of methoxy groups -OCH3 is 1. The Hall–Kier alpha value is -3.48. The maximum atomic E-state index is 11.9. The van der Waals surface area contributed by atoms with E-state index in [4.69, 9.17) is 13.9 Å². The van der Waals surface area contributed by atoms with Gasteiger partial charge in [-0.25, -0.2) is 18.4 Å². The monoisotopic (exact) mass is 528 g/mol. The Morgan fingerprint density at radius 3 is 2.70 bits per heavy atom. The van der Waals surface area contributed by atoms with Crippen molar-refractivity contribution in [3.63, 3.8) is 0 Å². The number of allylic oxidation sites excluding steroid dienone is 2. The van der Waals surface area contributed by atoms with Gasteiger partial charge in [-0.1, -0.05) is 0 Å². The van der Waals surface area contributed by atoms with E-state index in [1.54, 1.807) is 18.5 Å². The summed E-state index contributed by atoms with van der Waals surface area (Å²) in [6.07, 6.45) is 6.49. The Balaban J connectivity index is 1.69. The summed E-state index contributed by atoms with van der Waals surface area (Å²) >= 11 is 0. The second-order valence-corrected chi connectivity index (χ2v) is 11.0. The molecule has 1 saturated heterocycles. The van der Waals surface area contributed by atoms with Crippen LogP contribution in [0, 0.1) is 0 Å². The summed E-state index contributed by atoms with van der Waals surface area (Å²) in [6.45, 7) is 11.7. The number of morpholine rings is 1. The Bertz CT molecular complexity index is 1450. The predicted molar refractivity (Wildman–Crippen MR) is 142 cm³/mol. The molecule has 1 aliphatic heterocycles. The molecule has 0 spiro atoms. The van der Waals surface area contributed by atoms with Gasteiger partial charge in [0.15, 0.2) is 0 Å². The first-order valence-electron chi connectivity index (χ1n) is 11.8. The summed E-state index contributed by atoms with van der Waals surface area (Å²) in [6, 6.07) is 3.86. The molecule has 0 radical (unpaired) electrons. The molecule has 2 aromatic heterocycles. The van der Waals surface area contributed by atoms with Crippen LogP contribution in [0.4, 0.5) is 0 Å². The van der Waals surface area contributed by atoms with Crippen LogP contribution in [0.1, 0.15) is 32.1 Å². The fourth-order valence-corrected chi connectivity index (χ4v) is 5.03. The van der Waals surface area contributed by atoms with Gasteiger partial charge < -0.3 is 13.9 Å². The lowest BCUT2D eigenvalue weighted by molar-refractivity contribution is -0.0718. The molecule has 0 saturated carbocycles. The van der Waals surface area contributed by atoms with Crippen molar-refractivity contribution in [2.45, 2.75) is 39.5 Å². The van der Waals surface area contributed by atoms with Gasteiger partial charge in [-0.2, -0.15) is 5.10 Å². The Morgan fingerprint density at radius 2 is 2.05 bits per heavy atom. The lowest BCUT2D eigenvalue weighted by atomic mass is 10.0. The highest BCUT2D eigenvalue weighted by atomic mass is 32.2. The SMILES string of the molecule is C=N/C(OC)=C(\C=C(/C)c1cc(-c2ncc(CN3C[C@@H](C)O[C@@H](C)C3)o2)c2cn[nH]c2c1)NS(C)(=O)=O. The van der Waals surface area contributed by atoms with Crippen molar-refractivity contribution in [2.75, 3.05) is 26.5 Å². The van der Waals surface area contributed by atoms with Crippen LogP contribution in [0.3, 0.4) is 0 Å². The van der Waals surface area contributed by atoms with Crippen LogP contribution in [0.5, 0.6) is 0 Å². The van der Waals surface area contributed by atoms with Crippen molar-refractivity contribution in [3.8, 4) is 11.5 Å². The second-order valence-electron chi connectivity index (χ2n) is 9.22. The van der Waals surface area contributed by atoms with E-state index in [2.05, 4.69) is 50.4 Å². The van der Waals surface area contributed by atoms with E-state index in [1.807, 2.05) is 19.1 Å². The molecule has 0 unspecified atom stereocenters. The van der Waals surface area contributed by atoms with E-state index in [1.165, 1.54) is 7.11 Å². The number of aromatic nitrogens is 3. The van der Waals surface area contributed by atoms with E-state index >= 15 is 0 Å². The highest BCUT2D eigenvalue weighted by Gasteiger charge is 2.23. The van der Waals surface area contributed by atoms with Crippen LogP contribution in [0.15, 0.2) is 51.6 Å². The summed E-state index contributed by atoms with van der Waals surface area (Å²) in [4.78, 5) is 10.6. The molecule has 0 aliphatic carbocycles. The first-order valence-corrected chi connectivity index (χ1v) is 13.7. The van der Waals surface area contributed by atoms with Gasteiger partial charge in [0.05, 0.1) is 50.0 Å². The van der Waals surface area contributed by atoms with Crippen LogP contribution >= 0.6 is 0 Å². The summed E-state index contributed by atoms with van der Waals surface area (Å²) in [5.74, 6) is 1.28. The average molecular weight is 529 g/mol. The molecule has 2 N–H and O–H groups in total. The number of hydrogen-bond acceptors (Lipinski definition) is 9. The first-order chi connectivity index (χ1) is 17.6. The van der Waals surface area contributed by atoms with Gasteiger partial charge in [0.1, 0.15) is 11.5 Å². The van der Waals surface area contributed by atoms with Gasteiger partial charge >= 0.3 is 0 Å². The normalized spacial score (nSPS) is 20.1. The second kappa shape index (κ2) is 10.9. The minimum atomic E-state index is -3.58. The molecular formula is C25H32N6O5S. The summed E-state index contributed by atoms with van der Waals surface area (Å²) in [7, 11) is -2.19. The minimum Gasteiger partial charge on any atom is -0.480 e. The molecule has 0 bridgehead atoms. The molecule has 2 atom stereocenters. The third-order valence-corrected chi connectivity index (χ3v) is 6.49. The fraction of sp³-hybridized carbons (Fsp3) is 0.400. The van der Waals surface area contributed by atoms with E-state index in [0.29, 0.717) is 12.4 Å². The molecule has 37 heavy (non-hydrogen) atoms. The van der Waals surface area contributed by atoms with Gasteiger partial charge in [-0.3, -0.25) is 14.7 Å². The molecule has 3 heterocycles. The number of rotatable bonds is 9. The third-order valence-electron chi connectivity index (χ3n) is 5.90. The molecule has 12 heteroatoms. The molecule has 1 fully saturated rings. The van der Waals surface area contributed by atoms with E-state index in [0.717, 1.165) is 52.7 Å². The quantitative estimate of drug-likeness (QED) is 0.245. The zero-order valence-electron chi connectivity index (χ0n) is 21.6. The van der Waals surface area contributed by atoms with Gasteiger partial charge in [0, 0.05) is 24.0 Å². The maximum Gasteiger partial charge on any atom is 0.237 e. The Morgan fingerprint density at radius 1 is 1.32 bits per heavy atom. The van der Waals surface area contributed by atoms with Crippen LogP contribution in [-0.2, 0) is 26.0 Å². The van der Waals surface area contributed by atoms with Crippen molar-refractivity contribution in [1.29, 1.82) is 0 Å². The number of benzene rings is 1. The molecule has 3 aromatic rings. The lowest BCUT2D eigenvalue weighted by Gasteiger charge is -2.34. The molecule has 198 valence electrons. The van der Waals surface area contributed by atoms with Crippen LogP contribution in [0.2, 0.25) is 0 Å².